The molecular weight excluding hydrogens is 286 g/mol. The first-order chi connectivity index (χ1) is 10.5. The number of carbonyl (C=O) groups excluding carboxylic acids is 1. The molecule has 0 aliphatic heterocycles. The molecule has 1 heterocycles. The number of rotatable bonds is 5. The average molecular weight is 299 g/mol. The molecule has 0 saturated carbocycles. The fraction of sp³-hybridized carbons (Fsp3) is 0.0667. The third kappa shape index (κ3) is 3.33. The summed E-state index contributed by atoms with van der Waals surface area (Å²) in [6.07, 6.45) is 0.0157. The van der Waals surface area contributed by atoms with Crippen molar-refractivity contribution in [1.82, 2.24) is 4.98 Å². The number of nitrogens with zero attached hydrogens (tertiary/aromatic N) is 2. The largest absolute Gasteiger partial charge is 0.383 e. The zero-order valence-corrected chi connectivity index (χ0v) is 11.5. The van der Waals surface area contributed by atoms with Gasteiger partial charge in [-0.1, -0.05) is 24.8 Å². The standard InChI is InChI=1S/C15H13N3O4/c1-10(15(20)17-13-8-4-5-9-16-13)14(19)11-6-2-3-7-12(11)18(21)22/h2-9,14,19H,1H2,(H,16,17,20). The Kier molecular flexibility index (Phi) is 4.60. The molecule has 0 radical (unpaired) electrons. The molecule has 1 aromatic heterocycles. The maximum Gasteiger partial charge on any atom is 0.275 e. The van der Waals surface area contributed by atoms with Gasteiger partial charge in [0.2, 0.25) is 0 Å². The lowest BCUT2D eigenvalue weighted by atomic mass is 10.0. The van der Waals surface area contributed by atoms with E-state index in [0.717, 1.165) is 0 Å². The molecule has 7 nitrogen and oxygen atoms in total. The number of hydrogen-bond acceptors (Lipinski definition) is 5. The number of aromatic nitrogens is 1. The van der Waals surface area contributed by atoms with Gasteiger partial charge in [0.05, 0.1) is 10.5 Å². The van der Waals surface area contributed by atoms with E-state index in [0.29, 0.717) is 5.82 Å². The Labute approximate surface area is 126 Å². The molecule has 0 bridgehead atoms. The molecule has 1 amide bonds. The zero-order chi connectivity index (χ0) is 16.1. The lowest BCUT2D eigenvalue weighted by molar-refractivity contribution is -0.386. The lowest BCUT2D eigenvalue weighted by Gasteiger charge is -2.14. The molecule has 1 atom stereocenters. The van der Waals surface area contributed by atoms with E-state index in [-0.39, 0.29) is 16.8 Å². The van der Waals surface area contributed by atoms with E-state index in [4.69, 9.17) is 0 Å². The summed E-state index contributed by atoms with van der Waals surface area (Å²) < 4.78 is 0. The fourth-order valence-electron chi connectivity index (χ4n) is 1.83. The van der Waals surface area contributed by atoms with Crippen LogP contribution < -0.4 is 5.32 Å². The Morgan fingerprint density at radius 3 is 2.59 bits per heavy atom. The van der Waals surface area contributed by atoms with Gasteiger partial charge >= 0.3 is 0 Å². The Bertz CT molecular complexity index is 716. The molecule has 0 aliphatic rings. The predicted molar refractivity (Wildman–Crippen MR) is 80.1 cm³/mol. The van der Waals surface area contributed by atoms with Crippen LogP contribution >= 0.6 is 0 Å². The second-order valence-corrected chi connectivity index (χ2v) is 4.41. The molecule has 2 N–H and O–H groups in total. The highest BCUT2D eigenvalue weighted by Crippen LogP contribution is 2.29. The van der Waals surface area contributed by atoms with Gasteiger partial charge in [0.15, 0.2) is 0 Å². The smallest absolute Gasteiger partial charge is 0.275 e. The normalized spacial score (nSPS) is 11.5. The summed E-state index contributed by atoms with van der Waals surface area (Å²) in [4.78, 5) is 26.3. The van der Waals surface area contributed by atoms with Gasteiger partial charge in [-0.05, 0) is 18.2 Å². The van der Waals surface area contributed by atoms with E-state index < -0.39 is 16.9 Å². The molecule has 7 heteroatoms. The highest BCUT2D eigenvalue weighted by Gasteiger charge is 2.25. The van der Waals surface area contributed by atoms with E-state index in [1.807, 2.05) is 0 Å². The number of para-hydroxylation sites is 1. The van der Waals surface area contributed by atoms with Crippen LogP contribution in [0.15, 0.2) is 60.8 Å². The van der Waals surface area contributed by atoms with Crippen molar-refractivity contribution in [3.63, 3.8) is 0 Å². The minimum Gasteiger partial charge on any atom is -0.383 e. The number of pyridine rings is 1. The number of nitro benzene ring substituents is 1. The van der Waals surface area contributed by atoms with Gasteiger partial charge in [0, 0.05) is 17.8 Å². The quantitative estimate of drug-likeness (QED) is 0.500. The van der Waals surface area contributed by atoms with Crippen molar-refractivity contribution in [3.8, 4) is 0 Å². The van der Waals surface area contributed by atoms with E-state index in [1.165, 1.54) is 30.5 Å². The van der Waals surface area contributed by atoms with E-state index >= 15 is 0 Å². The first-order valence-corrected chi connectivity index (χ1v) is 6.33. The van der Waals surface area contributed by atoms with E-state index in [9.17, 15) is 20.0 Å². The molecule has 0 saturated heterocycles. The van der Waals surface area contributed by atoms with Gasteiger partial charge in [-0.15, -0.1) is 0 Å². The Balaban J connectivity index is 2.19. The van der Waals surface area contributed by atoms with Gasteiger partial charge < -0.3 is 10.4 Å². The van der Waals surface area contributed by atoms with Crippen LogP contribution in [0.4, 0.5) is 11.5 Å². The van der Waals surface area contributed by atoms with Crippen molar-refractivity contribution in [2.75, 3.05) is 5.32 Å². The summed E-state index contributed by atoms with van der Waals surface area (Å²) in [6.45, 7) is 3.52. The Morgan fingerprint density at radius 2 is 1.95 bits per heavy atom. The number of amides is 1. The van der Waals surface area contributed by atoms with Crippen LogP contribution in [0.1, 0.15) is 11.7 Å². The molecule has 0 aliphatic carbocycles. The van der Waals surface area contributed by atoms with Crippen LogP contribution in [-0.2, 0) is 4.79 Å². The SMILES string of the molecule is C=C(C(=O)Nc1ccccn1)C(O)c1ccccc1[N+](=O)[O-]. The van der Waals surface area contributed by atoms with Crippen LogP contribution in [0.5, 0.6) is 0 Å². The average Bonchev–Trinajstić information content (AvgIpc) is 2.54. The van der Waals surface area contributed by atoms with Crippen LogP contribution in [0.2, 0.25) is 0 Å². The first-order valence-electron chi connectivity index (χ1n) is 6.33. The Morgan fingerprint density at radius 1 is 1.27 bits per heavy atom. The fourth-order valence-corrected chi connectivity index (χ4v) is 1.83. The topological polar surface area (TPSA) is 105 Å². The molecule has 1 unspecified atom stereocenters. The van der Waals surface area contributed by atoms with Gasteiger partial charge in [0.1, 0.15) is 11.9 Å². The van der Waals surface area contributed by atoms with Crippen molar-refractivity contribution in [2.24, 2.45) is 0 Å². The minimum atomic E-state index is -1.48. The summed E-state index contributed by atoms with van der Waals surface area (Å²) in [5.41, 5.74) is -0.476. The van der Waals surface area contributed by atoms with Crippen molar-refractivity contribution >= 4 is 17.4 Å². The van der Waals surface area contributed by atoms with Gasteiger partial charge in [-0.2, -0.15) is 0 Å². The van der Waals surface area contributed by atoms with E-state index in [1.54, 1.807) is 18.2 Å². The highest BCUT2D eigenvalue weighted by molar-refractivity contribution is 6.03. The van der Waals surface area contributed by atoms with Crippen LogP contribution in [0.25, 0.3) is 0 Å². The molecule has 2 aromatic rings. The number of nitro groups is 1. The predicted octanol–water partition coefficient (Wildman–Crippen LogP) is 2.22. The third-order valence-electron chi connectivity index (χ3n) is 2.96. The first kappa shape index (κ1) is 15.3. The number of anilines is 1. The molecule has 0 spiro atoms. The summed E-state index contributed by atoms with van der Waals surface area (Å²) in [5.74, 6) is -0.368. The number of hydrogen-bond donors (Lipinski definition) is 2. The summed E-state index contributed by atoms with van der Waals surface area (Å²) in [6, 6.07) is 10.6. The molecule has 1 aromatic carbocycles. The number of carbonyl (C=O) groups is 1. The van der Waals surface area contributed by atoms with Crippen LogP contribution in [0.3, 0.4) is 0 Å². The number of aliphatic hydroxyl groups is 1. The highest BCUT2D eigenvalue weighted by atomic mass is 16.6. The number of nitrogens with one attached hydrogen (secondary N) is 1. The third-order valence-corrected chi connectivity index (χ3v) is 2.96. The Hall–Kier alpha value is -3.06. The zero-order valence-electron chi connectivity index (χ0n) is 11.5. The number of benzene rings is 1. The van der Waals surface area contributed by atoms with Gasteiger partial charge in [-0.3, -0.25) is 14.9 Å². The van der Waals surface area contributed by atoms with E-state index in [2.05, 4.69) is 16.9 Å². The van der Waals surface area contributed by atoms with Crippen molar-refractivity contribution in [2.45, 2.75) is 6.10 Å². The number of aliphatic hydroxyl groups excluding tert-OH is 1. The monoisotopic (exact) mass is 299 g/mol. The van der Waals surface area contributed by atoms with Crippen molar-refractivity contribution in [3.05, 3.63) is 76.5 Å². The molecule has 2 rings (SSSR count). The molecule has 112 valence electrons. The second kappa shape index (κ2) is 6.59. The summed E-state index contributed by atoms with van der Waals surface area (Å²) >= 11 is 0. The molecular formula is C15H13N3O4. The second-order valence-electron chi connectivity index (χ2n) is 4.41. The van der Waals surface area contributed by atoms with Crippen molar-refractivity contribution < 1.29 is 14.8 Å². The lowest BCUT2D eigenvalue weighted by Crippen LogP contribution is -2.19. The minimum absolute atomic E-state index is 0.00803. The van der Waals surface area contributed by atoms with Crippen LogP contribution in [0, 0.1) is 10.1 Å². The van der Waals surface area contributed by atoms with Gasteiger partial charge in [0.25, 0.3) is 11.6 Å². The van der Waals surface area contributed by atoms with Crippen molar-refractivity contribution in [1.29, 1.82) is 0 Å². The molecule has 0 fully saturated rings. The van der Waals surface area contributed by atoms with Crippen LogP contribution in [-0.4, -0.2) is 20.9 Å². The molecule has 22 heavy (non-hydrogen) atoms. The summed E-state index contributed by atoms with van der Waals surface area (Å²) in [7, 11) is 0. The maximum atomic E-state index is 12.0. The maximum absolute atomic E-state index is 12.0. The summed E-state index contributed by atoms with van der Waals surface area (Å²) in [5, 5.41) is 23.6. The van der Waals surface area contributed by atoms with Gasteiger partial charge in [-0.25, -0.2) is 4.98 Å².